The zero-order chi connectivity index (χ0) is 19.6. The lowest BCUT2D eigenvalue weighted by Crippen LogP contribution is -2.54. The topological polar surface area (TPSA) is 49.2 Å². The van der Waals surface area contributed by atoms with Crippen LogP contribution >= 0.6 is 0 Å². The minimum absolute atomic E-state index is 0.421. The minimum atomic E-state index is 0.421. The molecule has 0 spiro atoms. The summed E-state index contributed by atoms with van der Waals surface area (Å²) >= 11 is 0. The summed E-state index contributed by atoms with van der Waals surface area (Å²) in [6.07, 6.45) is 9.35. The Balaban J connectivity index is 1.18. The average molecular weight is 391 g/mol. The molecule has 29 heavy (non-hydrogen) atoms. The standard InChI is InChI=1S/C23H30N6/c1-27-14-18(20-8-4-5-9-21(20)27)15-28-16-19(17-28)25-23-24-11-10-22(26-23)29-12-6-2-3-7-13-29/h4-5,8-11,14,19H,2-3,6-7,12-13,15-17H2,1H3,(H,24,25,26). The van der Waals surface area contributed by atoms with Crippen LogP contribution in [0.1, 0.15) is 31.2 Å². The van der Waals surface area contributed by atoms with Gasteiger partial charge in [-0.2, -0.15) is 4.98 Å². The molecule has 0 bridgehead atoms. The van der Waals surface area contributed by atoms with Gasteiger partial charge in [-0.3, -0.25) is 4.90 Å². The van der Waals surface area contributed by atoms with E-state index in [1.54, 1.807) is 0 Å². The van der Waals surface area contributed by atoms with Crippen LogP contribution in [-0.2, 0) is 13.6 Å². The molecule has 0 aliphatic carbocycles. The van der Waals surface area contributed by atoms with E-state index in [1.165, 1.54) is 42.1 Å². The smallest absolute Gasteiger partial charge is 0.224 e. The molecule has 2 aliphatic heterocycles. The lowest BCUT2D eigenvalue weighted by Gasteiger charge is -2.39. The highest BCUT2D eigenvalue weighted by molar-refractivity contribution is 5.83. The Kier molecular flexibility index (Phi) is 5.10. The third kappa shape index (κ3) is 3.94. The van der Waals surface area contributed by atoms with Crippen molar-refractivity contribution in [2.75, 3.05) is 36.4 Å². The maximum absolute atomic E-state index is 4.80. The van der Waals surface area contributed by atoms with Crippen LogP contribution in [0.4, 0.5) is 11.8 Å². The number of nitrogens with zero attached hydrogens (tertiary/aromatic N) is 5. The highest BCUT2D eigenvalue weighted by Crippen LogP contribution is 2.24. The zero-order valence-corrected chi connectivity index (χ0v) is 17.2. The molecule has 0 atom stereocenters. The monoisotopic (exact) mass is 390 g/mol. The number of benzene rings is 1. The normalized spacial score (nSPS) is 18.6. The fraction of sp³-hybridized carbons (Fsp3) is 0.478. The fourth-order valence-corrected chi connectivity index (χ4v) is 4.66. The van der Waals surface area contributed by atoms with Crippen molar-refractivity contribution in [3.05, 3.63) is 48.3 Å². The molecule has 2 aromatic heterocycles. The van der Waals surface area contributed by atoms with Crippen LogP contribution in [0.2, 0.25) is 0 Å². The largest absolute Gasteiger partial charge is 0.356 e. The molecular formula is C23H30N6. The summed E-state index contributed by atoms with van der Waals surface area (Å²) in [5, 5.41) is 4.90. The van der Waals surface area contributed by atoms with Gasteiger partial charge < -0.3 is 14.8 Å². The molecular weight excluding hydrogens is 360 g/mol. The van der Waals surface area contributed by atoms with Gasteiger partial charge in [0.25, 0.3) is 0 Å². The Morgan fingerprint density at radius 3 is 2.66 bits per heavy atom. The third-order valence-corrected chi connectivity index (χ3v) is 6.23. The number of para-hydroxylation sites is 1. The van der Waals surface area contributed by atoms with E-state index in [-0.39, 0.29) is 0 Å². The summed E-state index contributed by atoms with van der Waals surface area (Å²) in [5.41, 5.74) is 2.71. The Morgan fingerprint density at radius 1 is 1.03 bits per heavy atom. The fourth-order valence-electron chi connectivity index (χ4n) is 4.66. The van der Waals surface area contributed by atoms with Crippen molar-refractivity contribution >= 4 is 22.7 Å². The van der Waals surface area contributed by atoms with E-state index >= 15 is 0 Å². The highest BCUT2D eigenvalue weighted by Gasteiger charge is 2.28. The molecule has 0 radical (unpaired) electrons. The van der Waals surface area contributed by atoms with Crippen molar-refractivity contribution in [2.45, 2.75) is 38.3 Å². The molecule has 0 unspecified atom stereocenters. The third-order valence-electron chi connectivity index (χ3n) is 6.23. The molecule has 1 N–H and O–H groups in total. The van der Waals surface area contributed by atoms with Crippen LogP contribution in [-0.4, -0.2) is 51.7 Å². The van der Waals surface area contributed by atoms with Gasteiger partial charge in [0, 0.05) is 63.1 Å². The van der Waals surface area contributed by atoms with Crippen molar-refractivity contribution in [1.82, 2.24) is 19.4 Å². The Morgan fingerprint density at radius 2 is 1.83 bits per heavy atom. The molecule has 2 aliphatic rings. The molecule has 0 amide bonds. The number of hydrogen-bond donors (Lipinski definition) is 1. The van der Waals surface area contributed by atoms with Crippen molar-refractivity contribution in [2.24, 2.45) is 7.05 Å². The second kappa shape index (κ2) is 8.03. The first-order valence-corrected chi connectivity index (χ1v) is 10.9. The van der Waals surface area contributed by atoms with Crippen molar-refractivity contribution in [3.8, 4) is 0 Å². The lowest BCUT2D eigenvalue weighted by atomic mass is 10.1. The first-order chi connectivity index (χ1) is 14.3. The zero-order valence-electron chi connectivity index (χ0n) is 17.2. The number of anilines is 2. The van der Waals surface area contributed by atoms with Gasteiger partial charge in [0.05, 0.1) is 6.04 Å². The Labute approximate surface area is 172 Å². The second-order valence-electron chi connectivity index (χ2n) is 8.46. The predicted molar refractivity (Wildman–Crippen MR) is 118 cm³/mol. The predicted octanol–water partition coefficient (Wildman–Crippen LogP) is 3.65. The minimum Gasteiger partial charge on any atom is -0.356 e. The van der Waals surface area contributed by atoms with Crippen LogP contribution in [0.3, 0.4) is 0 Å². The van der Waals surface area contributed by atoms with E-state index in [0.717, 1.165) is 44.5 Å². The van der Waals surface area contributed by atoms with Crippen LogP contribution in [0.5, 0.6) is 0 Å². The van der Waals surface area contributed by atoms with Gasteiger partial charge in [0.1, 0.15) is 5.82 Å². The Bertz CT molecular complexity index is 966. The molecule has 2 fully saturated rings. The van der Waals surface area contributed by atoms with Gasteiger partial charge in [-0.1, -0.05) is 31.0 Å². The van der Waals surface area contributed by atoms with Crippen LogP contribution in [0.25, 0.3) is 10.9 Å². The summed E-state index contributed by atoms with van der Waals surface area (Å²) in [7, 11) is 2.13. The molecule has 3 aromatic rings. The SMILES string of the molecule is Cn1cc(CN2CC(Nc3nccc(N4CCCCCC4)n3)C2)c2ccccc21. The summed E-state index contributed by atoms with van der Waals surface area (Å²) in [4.78, 5) is 14.2. The number of hydrogen-bond acceptors (Lipinski definition) is 5. The van der Waals surface area contributed by atoms with Gasteiger partial charge >= 0.3 is 0 Å². The molecule has 6 nitrogen and oxygen atoms in total. The van der Waals surface area contributed by atoms with Crippen LogP contribution in [0, 0.1) is 0 Å². The number of nitrogens with one attached hydrogen (secondary N) is 1. The summed E-state index contributed by atoms with van der Waals surface area (Å²) in [5.74, 6) is 1.83. The van der Waals surface area contributed by atoms with E-state index < -0.39 is 0 Å². The first kappa shape index (κ1) is 18.4. The van der Waals surface area contributed by atoms with Gasteiger partial charge in [-0.15, -0.1) is 0 Å². The average Bonchev–Trinajstić information content (AvgIpc) is 2.89. The number of aromatic nitrogens is 3. The van der Waals surface area contributed by atoms with E-state index in [2.05, 4.69) is 62.2 Å². The second-order valence-corrected chi connectivity index (χ2v) is 8.46. The van der Waals surface area contributed by atoms with Gasteiger partial charge in [-0.05, 0) is 30.5 Å². The van der Waals surface area contributed by atoms with E-state index in [4.69, 9.17) is 4.98 Å². The molecule has 5 rings (SSSR count). The van der Waals surface area contributed by atoms with Gasteiger partial charge in [-0.25, -0.2) is 4.98 Å². The van der Waals surface area contributed by atoms with Gasteiger partial charge in [0.2, 0.25) is 5.95 Å². The van der Waals surface area contributed by atoms with E-state index in [1.807, 2.05) is 12.3 Å². The molecule has 6 heteroatoms. The highest BCUT2D eigenvalue weighted by atomic mass is 15.3. The maximum atomic E-state index is 4.80. The van der Waals surface area contributed by atoms with Crippen molar-refractivity contribution in [3.63, 3.8) is 0 Å². The molecule has 2 saturated heterocycles. The van der Waals surface area contributed by atoms with E-state index in [0.29, 0.717) is 6.04 Å². The molecule has 0 saturated carbocycles. The lowest BCUT2D eigenvalue weighted by molar-refractivity contribution is 0.153. The number of likely N-dealkylation sites (tertiary alicyclic amines) is 1. The Hall–Kier alpha value is -2.60. The molecule has 1 aromatic carbocycles. The van der Waals surface area contributed by atoms with Crippen molar-refractivity contribution < 1.29 is 0 Å². The quantitative estimate of drug-likeness (QED) is 0.721. The summed E-state index contributed by atoms with van der Waals surface area (Å²) in [6, 6.07) is 11.1. The van der Waals surface area contributed by atoms with Crippen molar-refractivity contribution in [1.29, 1.82) is 0 Å². The first-order valence-electron chi connectivity index (χ1n) is 10.9. The maximum Gasteiger partial charge on any atom is 0.224 e. The van der Waals surface area contributed by atoms with E-state index in [9.17, 15) is 0 Å². The van der Waals surface area contributed by atoms with Gasteiger partial charge in [0.15, 0.2) is 0 Å². The molecule has 4 heterocycles. The number of rotatable bonds is 5. The summed E-state index contributed by atoms with van der Waals surface area (Å²) < 4.78 is 2.22. The van der Waals surface area contributed by atoms with Crippen LogP contribution in [0.15, 0.2) is 42.7 Å². The molecule has 152 valence electrons. The summed E-state index contributed by atoms with van der Waals surface area (Å²) in [6.45, 7) is 5.27. The number of aryl methyl sites for hydroxylation is 1. The van der Waals surface area contributed by atoms with Crippen LogP contribution < -0.4 is 10.2 Å². The number of fused-ring (bicyclic) bond motifs is 1.